The minimum atomic E-state index is -0.460. The van der Waals surface area contributed by atoms with Crippen molar-refractivity contribution in [1.29, 1.82) is 0 Å². The predicted octanol–water partition coefficient (Wildman–Crippen LogP) is 4.45. The van der Waals surface area contributed by atoms with Gasteiger partial charge in [0.05, 0.1) is 12.0 Å². The van der Waals surface area contributed by atoms with Crippen LogP contribution in [0.15, 0.2) is 48.5 Å². The molecule has 6 nitrogen and oxygen atoms in total. The zero-order chi connectivity index (χ0) is 21.9. The Bertz CT molecular complexity index is 919. The summed E-state index contributed by atoms with van der Waals surface area (Å²) in [5.41, 5.74) is 2.92. The SMILES string of the molecule is CC.COc1cc(/C=C/C#Cc2ccc(N3CCN(C)CC3)cc2)ccc1[N+](=O)[O-]. The summed E-state index contributed by atoms with van der Waals surface area (Å²) in [6, 6.07) is 13.0. The van der Waals surface area contributed by atoms with Gasteiger partial charge in [-0.15, -0.1) is 0 Å². The van der Waals surface area contributed by atoms with Gasteiger partial charge in [-0.2, -0.15) is 0 Å². The van der Waals surface area contributed by atoms with Crippen molar-refractivity contribution in [2.24, 2.45) is 0 Å². The summed E-state index contributed by atoms with van der Waals surface area (Å²) in [6.45, 7) is 8.26. The minimum Gasteiger partial charge on any atom is -0.490 e. The van der Waals surface area contributed by atoms with E-state index in [0.717, 1.165) is 37.3 Å². The van der Waals surface area contributed by atoms with Gasteiger partial charge in [0.25, 0.3) is 0 Å². The van der Waals surface area contributed by atoms with Crippen LogP contribution < -0.4 is 9.64 Å². The van der Waals surface area contributed by atoms with Crippen LogP contribution in [0, 0.1) is 22.0 Å². The van der Waals surface area contributed by atoms with E-state index < -0.39 is 4.92 Å². The number of methoxy groups -OCH3 is 1. The molecule has 0 spiro atoms. The van der Waals surface area contributed by atoms with Crippen molar-refractivity contribution in [3.63, 3.8) is 0 Å². The zero-order valence-corrected chi connectivity index (χ0v) is 18.1. The molecule has 1 fully saturated rings. The number of nitrogens with zero attached hydrogens (tertiary/aromatic N) is 3. The third-order valence-electron chi connectivity index (χ3n) is 4.71. The van der Waals surface area contributed by atoms with Crippen LogP contribution in [0.5, 0.6) is 5.75 Å². The average Bonchev–Trinajstić information content (AvgIpc) is 2.79. The third kappa shape index (κ3) is 6.36. The van der Waals surface area contributed by atoms with E-state index in [-0.39, 0.29) is 11.4 Å². The smallest absolute Gasteiger partial charge is 0.310 e. The van der Waals surface area contributed by atoms with Gasteiger partial charge >= 0.3 is 5.69 Å². The molecule has 0 saturated carbocycles. The number of anilines is 1. The summed E-state index contributed by atoms with van der Waals surface area (Å²) in [4.78, 5) is 15.2. The molecule has 0 aromatic heterocycles. The summed E-state index contributed by atoms with van der Waals surface area (Å²) >= 11 is 0. The van der Waals surface area contributed by atoms with E-state index in [0.29, 0.717) is 0 Å². The molecule has 1 aliphatic rings. The standard InChI is InChI=1S/C22H23N3O3.C2H6/c1-23-13-15-24(16-14-23)20-10-7-18(8-11-20)5-3-4-6-19-9-12-21(25(26)27)22(17-19)28-2;1-2/h4,6-12,17H,13-16H2,1-2H3;1-2H3/b6-4+;. The Labute approximate surface area is 178 Å². The highest BCUT2D eigenvalue weighted by Crippen LogP contribution is 2.27. The predicted molar refractivity (Wildman–Crippen MR) is 123 cm³/mol. The van der Waals surface area contributed by atoms with Crippen LogP contribution in [-0.2, 0) is 0 Å². The molecule has 1 aliphatic heterocycles. The molecule has 3 rings (SSSR count). The highest BCUT2D eigenvalue weighted by molar-refractivity contribution is 5.60. The second kappa shape index (κ2) is 11.6. The van der Waals surface area contributed by atoms with Crippen LogP contribution in [-0.4, -0.2) is 50.2 Å². The fourth-order valence-corrected chi connectivity index (χ4v) is 3.03. The van der Waals surface area contributed by atoms with E-state index in [1.807, 2.05) is 26.0 Å². The highest BCUT2D eigenvalue weighted by Gasteiger charge is 2.14. The zero-order valence-electron chi connectivity index (χ0n) is 18.1. The van der Waals surface area contributed by atoms with Gasteiger partial charge < -0.3 is 14.5 Å². The van der Waals surface area contributed by atoms with Gasteiger partial charge in [-0.05, 0) is 61.2 Å². The van der Waals surface area contributed by atoms with Crippen molar-refractivity contribution in [1.82, 2.24) is 4.90 Å². The third-order valence-corrected chi connectivity index (χ3v) is 4.71. The molecule has 0 amide bonds. The quantitative estimate of drug-likeness (QED) is 0.426. The number of hydrogen-bond donors (Lipinski definition) is 0. The fraction of sp³-hybridized carbons (Fsp3) is 0.333. The second-order valence-corrected chi connectivity index (χ2v) is 6.63. The number of piperazine rings is 1. The molecular formula is C24H29N3O3. The van der Waals surface area contributed by atoms with Crippen molar-refractivity contribution in [3.05, 3.63) is 69.8 Å². The molecule has 30 heavy (non-hydrogen) atoms. The number of allylic oxidation sites excluding steroid dienone is 1. The lowest BCUT2D eigenvalue weighted by molar-refractivity contribution is -0.385. The molecule has 1 saturated heterocycles. The number of benzene rings is 2. The molecule has 2 aromatic carbocycles. The van der Waals surface area contributed by atoms with Crippen molar-refractivity contribution in [3.8, 4) is 17.6 Å². The topological polar surface area (TPSA) is 58.8 Å². The lowest BCUT2D eigenvalue weighted by Gasteiger charge is -2.34. The van der Waals surface area contributed by atoms with Gasteiger partial charge in [0, 0.05) is 43.5 Å². The maximum atomic E-state index is 10.9. The van der Waals surface area contributed by atoms with Gasteiger partial charge in [0.2, 0.25) is 0 Å². The molecule has 0 bridgehead atoms. The van der Waals surface area contributed by atoms with Crippen LogP contribution in [0.25, 0.3) is 6.08 Å². The number of likely N-dealkylation sites (N-methyl/N-ethyl adjacent to an activating group) is 1. The Balaban J connectivity index is 0.00000155. The van der Waals surface area contributed by atoms with Crippen LogP contribution in [0.1, 0.15) is 25.0 Å². The molecule has 0 unspecified atom stereocenters. The Morgan fingerprint density at radius 2 is 1.73 bits per heavy atom. The Kier molecular flexibility index (Phi) is 8.92. The van der Waals surface area contributed by atoms with E-state index in [4.69, 9.17) is 4.74 Å². The number of nitro benzene ring substituents is 1. The lowest BCUT2D eigenvalue weighted by Crippen LogP contribution is -2.44. The van der Waals surface area contributed by atoms with Gasteiger partial charge in [0.1, 0.15) is 0 Å². The molecule has 1 heterocycles. The normalized spacial score (nSPS) is 13.8. The number of ether oxygens (including phenoxy) is 1. The van der Waals surface area contributed by atoms with E-state index in [1.165, 1.54) is 18.9 Å². The van der Waals surface area contributed by atoms with Crippen molar-refractivity contribution in [2.75, 3.05) is 45.2 Å². The summed E-state index contributed by atoms with van der Waals surface area (Å²) in [6.07, 6.45) is 3.53. The molecule has 158 valence electrons. The van der Waals surface area contributed by atoms with Crippen LogP contribution in [0.2, 0.25) is 0 Å². The molecule has 0 aliphatic carbocycles. The number of rotatable bonds is 4. The van der Waals surface area contributed by atoms with Gasteiger partial charge in [-0.1, -0.05) is 25.7 Å². The highest BCUT2D eigenvalue weighted by atomic mass is 16.6. The van der Waals surface area contributed by atoms with Gasteiger partial charge in [0.15, 0.2) is 5.75 Å². The first kappa shape index (κ1) is 23.0. The first-order chi connectivity index (χ1) is 14.6. The number of nitro groups is 1. The first-order valence-electron chi connectivity index (χ1n) is 10.1. The fourth-order valence-electron chi connectivity index (χ4n) is 3.03. The van der Waals surface area contributed by atoms with Gasteiger partial charge in [-0.25, -0.2) is 0 Å². The van der Waals surface area contributed by atoms with Crippen molar-refractivity contribution < 1.29 is 9.66 Å². The Morgan fingerprint density at radius 3 is 2.33 bits per heavy atom. The molecule has 0 N–H and O–H groups in total. The van der Waals surface area contributed by atoms with E-state index >= 15 is 0 Å². The summed E-state index contributed by atoms with van der Waals surface area (Å²) in [7, 11) is 3.57. The number of hydrogen-bond acceptors (Lipinski definition) is 5. The average molecular weight is 408 g/mol. The molecule has 6 heteroatoms. The van der Waals surface area contributed by atoms with E-state index in [9.17, 15) is 10.1 Å². The maximum absolute atomic E-state index is 10.9. The lowest BCUT2D eigenvalue weighted by atomic mass is 10.1. The second-order valence-electron chi connectivity index (χ2n) is 6.63. The van der Waals surface area contributed by atoms with Crippen molar-refractivity contribution in [2.45, 2.75) is 13.8 Å². The van der Waals surface area contributed by atoms with Crippen LogP contribution in [0.4, 0.5) is 11.4 Å². The van der Waals surface area contributed by atoms with Crippen LogP contribution >= 0.6 is 0 Å². The van der Waals surface area contributed by atoms with Crippen LogP contribution in [0.3, 0.4) is 0 Å². The van der Waals surface area contributed by atoms with E-state index in [1.54, 1.807) is 24.3 Å². The molecule has 0 atom stereocenters. The molecule has 0 radical (unpaired) electrons. The van der Waals surface area contributed by atoms with Crippen molar-refractivity contribution >= 4 is 17.5 Å². The molecular weight excluding hydrogens is 378 g/mol. The first-order valence-corrected chi connectivity index (χ1v) is 10.1. The Hall–Kier alpha value is -3.30. The monoisotopic (exact) mass is 407 g/mol. The summed E-state index contributed by atoms with van der Waals surface area (Å²) in [5.74, 6) is 6.35. The maximum Gasteiger partial charge on any atom is 0.310 e. The molecule has 2 aromatic rings. The van der Waals surface area contributed by atoms with Gasteiger partial charge in [-0.3, -0.25) is 10.1 Å². The Morgan fingerprint density at radius 1 is 1.07 bits per heavy atom. The summed E-state index contributed by atoms with van der Waals surface area (Å²) < 4.78 is 5.07. The largest absolute Gasteiger partial charge is 0.490 e. The van der Waals surface area contributed by atoms with E-state index in [2.05, 4.69) is 40.8 Å². The minimum absolute atomic E-state index is 0.0498. The summed E-state index contributed by atoms with van der Waals surface area (Å²) in [5, 5.41) is 10.9.